The molecule has 0 heterocycles. The van der Waals surface area contributed by atoms with Crippen LogP contribution in [0.1, 0.15) is 56.2 Å². The van der Waals surface area contributed by atoms with Crippen molar-refractivity contribution in [3.63, 3.8) is 0 Å². The SMILES string of the molecule is COc1ccc(C(=O)c2ccc(Oc3ccc(C4(c5ccc(C)cc5)c5ccccc5-c5ccccc54)cc3COC(C)=O)cc2)cc1. The molecule has 0 spiro atoms. The summed E-state index contributed by atoms with van der Waals surface area (Å²) in [4.78, 5) is 25.1. The van der Waals surface area contributed by atoms with Crippen LogP contribution < -0.4 is 9.47 Å². The smallest absolute Gasteiger partial charge is 0.302 e. The molecule has 0 N–H and O–H groups in total. The number of fused-ring (bicyclic) bond motifs is 3. The van der Waals surface area contributed by atoms with Crippen LogP contribution in [0.4, 0.5) is 0 Å². The molecular formula is C43H34O5. The summed E-state index contributed by atoms with van der Waals surface area (Å²) in [6.45, 7) is 3.54. The Hall–Kier alpha value is -5.94. The largest absolute Gasteiger partial charge is 0.497 e. The lowest BCUT2D eigenvalue weighted by Gasteiger charge is -2.34. The van der Waals surface area contributed by atoms with Crippen molar-refractivity contribution in [1.29, 1.82) is 0 Å². The molecule has 0 saturated carbocycles. The molecule has 1 aliphatic carbocycles. The summed E-state index contributed by atoms with van der Waals surface area (Å²) >= 11 is 0. The topological polar surface area (TPSA) is 61.8 Å². The lowest BCUT2D eigenvalue weighted by Crippen LogP contribution is -2.28. The van der Waals surface area contributed by atoms with Crippen molar-refractivity contribution in [2.75, 3.05) is 7.11 Å². The minimum atomic E-state index is -0.603. The first-order valence-corrected chi connectivity index (χ1v) is 15.9. The molecule has 5 heteroatoms. The van der Waals surface area contributed by atoms with E-state index in [0.29, 0.717) is 28.4 Å². The summed E-state index contributed by atoms with van der Waals surface area (Å²) in [5.41, 5.74) is 9.39. The van der Waals surface area contributed by atoms with Crippen LogP contribution in [0.3, 0.4) is 0 Å². The average molecular weight is 631 g/mol. The van der Waals surface area contributed by atoms with Gasteiger partial charge in [0.25, 0.3) is 0 Å². The molecule has 0 aromatic heterocycles. The molecule has 0 saturated heterocycles. The van der Waals surface area contributed by atoms with Gasteiger partial charge in [0.1, 0.15) is 23.9 Å². The van der Waals surface area contributed by atoms with Crippen molar-refractivity contribution in [2.45, 2.75) is 25.9 Å². The van der Waals surface area contributed by atoms with E-state index in [1.807, 2.05) is 6.07 Å². The van der Waals surface area contributed by atoms with E-state index in [1.54, 1.807) is 55.6 Å². The Kier molecular flexibility index (Phi) is 8.12. The average Bonchev–Trinajstić information content (AvgIpc) is 3.42. The van der Waals surface area contributed by atoms with Crippen LogP contribution in [0.15, 0.2) is 140 Å². The molecule has 0 radical (unpaired) electrons. The van der Waals surface area contributed by atoms with Gasteiger partial charge < -0.3 is 14.2 Å². The molecule has 0 aliphatic heterocycles. The minimum Gasteiger partial charge on any atom is -0.497 e. The van der Waals surface area contributed by atoms with Gasteiger partial charge in [0, 0.05) is 23.6 Å². The zero-order valence-electron chi connectivity index (χ0n) is 27.0. The molecule has 48 heavy (non-hydrogen) atoms. The van der Waals surface area contributed by atoms with Gasteiger partial charge in [0.15, 0.2) is 5.78 Å². The van der Waals surface area contributed by atoms with Crippen molar-refractivity contribution in [3.05, 3.63) is 184 Å². The first kappa shape index (κ1) is 30.7. The van der Waals surface area contributed by atoms with Crippen molar-refractivity contribution < 1.29 is 23.8 Å². The van der Waals surface area contributed by atoms with Crippen LogP contribution >= 0.6 is 0 Å². The molecule has 6 aromatic carbocycles. The number of carbonyl (C=O) groups is 2. The number of methoxy groups -OCH3 is 1. The Morgan fingerprint density at radius 3 is 1.73 bits per heavy atom. The van der Waals surface area contributed by atoms with Crippen LogP contribution in [-0.4, -0.2) is 18.9 Å². The Morgan fingerprint density at radius 1 is 0.625 bits per heavy atom. The van der Waals surface area contributed by atoms with Gasteiger partial charge in [-0.05, 0) is 101 Å². The Labute approximate surface area is 280 Å². The summed E-state index contributed by atoms with van der Waals surface area (Å²) in [6.07, 6.45) is 0. The van der Waals surface area contributed by atoms with E-state index in [9.17, 15) is 9.59 Å². The summed E-state index contributed by atoms with van der Waals surface area (Å²) in [7, 11) is 1.59. The summed E-state index contributed by atoms with van der Waals surface area (Å²) < 4.78 is 17.2. The maximum atomic E-state index is 13.1. The predicted octanol–water partition coefficient (Wildman–Crippen LogP) is 9.45. The number of ketones is 1. The highest BCUT2D eigenvalue weighted by atomic mass is 16.5. The number of benzene rings is 6. The fraction of sp³-hybridized carbons (Fsp3) is 0.116. The van der Waals surface area contributed by atoms with E-state index in [-0.39, 0.29) is 18.4 Å². The maximum Gasteiger partial charge on any atom is 0.302 e. The second kappa shape index (κ2) is 12.7. The highest BCUT2D eigenvalue weighted by Gasteiger charge is 2.46. The highest BCUT2D eigenvalue weighted by molar-refractivity contribution is 6.09. The van der Waals surface area contributed by atoms with Gasteiger partial charge in [0.05, 0.1) is 12.5 Å². The monoisotopic (exact) mass is 630 g/mol. The number of hydrogen-bond donors (Lipinski definition) is 0. The van der Waals surface area contributed by atoms with Crippen molar-refractivity contribution in [1.82, 2.24) is 0 Å². The molecule has 236 valence electrons. The van der Waals surface area contributed by atoms with Crippen LogP contribution in [0.5, 0.6) is 17.2 Å². The van der Waals surface area contributed by atoms with E-state index in [4.69, 9.17) is 14.2 Å². The van der Waals surface area contributed by atoms with Crippen molar-refractivity contribution in [3.8, 4) is 28.4 Å². The number of ether oxygens (including phenoxy) is 3. The zero-order chi connectivity index (χ0) is 33.3. The van der Waals surface area contributed by atoms with Gasteiger partial charge >= 0.3 is 5.97 Å². The second-order valence-corrected chi connectivity index (χ2v) is 12.0. The molecule has 6 aromatic rings. The standard InChI is InChI=1S/C43H34O5/c1-28-12-18-33(19-13-28)43(39-10-6-4-8-37(39)38-9-5-7-11-40(38)43)34-20-25-41(32(26-34)27-47-29(2)44)48-36-23-16-31(17-24-36)42(45)30-14-21-35(46-3)22-15-30/h4-26H,27H2,1-3H3. The summed E-state index contributed by atoms with van der Waals surface area (Å²) in [5.74, 6) is 1.34. The predicted molar refractivity (Wildman–Crippen MR) is 187 cm³/mol. The van der Waals surface area contributed by atoms with E-state index >= 15 is 0 Å². The molecular weight excluding hydrogens is 596 g/mol. The van der Waals surface area contributed by atoms with E-state index < -0.39 is 5.41 Å². The Morgan fingerprint density at radius 2 is 1.17 bits per heavy atom. The number of carbonyl (C=O) groups excluding carboxylic acids is 2. The molecule has 0 unspecified atom stereocenters. The van der Waals surface area contributed by atoms with E-state index in [1.165, 1.54) is 34.7 Å². The third-order valence-electron chi connectivity index (χ3n) is 9.06. The molecule has 5 nitrogen and oxygen atoms in total. The van der Waals surface area contributed by atoms with Crippen LogP contribution in [0.2, 0.25) is 0 Å². The fourth-order valence-corrected chi connectivity index (χ4v) is 6.74. The second-order valence-electron chi connectivity index (χ2n) is 12.0. The van der Waals surface area contributed by atoms with E-state index in [0.717, 1.165) is 16.7 Å². The zero-order valence-corrected chi connectivity index (χ0v) is 27.0. The Balaban J connectivity index is 1.30. The van der Waals surface area contributed by atoms with Gasteiger partial charge in [-0.1, -0.05) is 84.4 Å². The first-order valence-electron chi connectivity index (χ1n) is 15.9. The molecule has 0 bridgehead atoms. The molecule has 0 fully saturated rings. The Bertz CT molecular complexity index is 2080. The summed E-state index contributed by atoms with van der Waals surface area (Å²) in [6, 6.07) is 46.1. The van der Waals surface area contributed by atoms with Crippen molar-refractivity contribution >= 4 is 11.8 Å². The van der Waals surface area contributed by atoms with Crippen LogP contribution in [-0.2, 0) is 21.6 Å². The van der Waals surface area contributed by atoms with Crippen LogP contribution in [0, 0.1) is 6.92 Å². The number of esters is 1. The number of hydrogen-bond acceptors (Lipinski definition) is 5. The summed E-state index contributed by atoms with van der Waals surface area (Å²) in [5, 5.41) is 0. The number of rotatable bonds is 9. The lowest BCUT2D eigenvalue weighted by molar-refractivity contribution is -0.142. The van der Waals surface area contributed by atoms with Gasteiger partial charge in [-0.2, -0.15) is 0 Å². The first-order chi connectivity index (χ1) is 23.4. The van der Waals surface area contributed by atoms with Gasteiger partial charge in [0.2, 0.25) is 0 Å². The van der Waals surface area contributed by atoms with Crippen LogP contribution in [0.25, 0.3) is 11.1 Å². The quantitative estimate of drug-likeness (QED) is 0.117. The third kappa shape index (κ3) is 5.43. The normalized spacial score (nSPS) is 12.5. The third-order valence-corrected chi connectivity index (χ3v) is 9.06. The molecule has 1 aliphatic rings. The molecule has 7 rings (SSSR count). The fourth-order valence-electron chi connectivity index (χ4n) is 6.74. The molecule has 0 atom stereocenters. The number of aryl methyl sites for hydroxylation is 1. The van der Waals surface area contributed by atoms with E-state index in [2.05, 4.69) is 91.9 Å². The highest BCUT2D eigenvalue weighted by Crippen LogP contribution is 2.56. The van der Waals surface area contributed by atoms with Gasteiger partial charge in [-0.25, -0.2) is 0 Å². The lowest BCUT2D eigenvalue weighted by atomic mass is 9.67. The van der Waals surface area contributed by atoms with Crippen molar-refractivity contribution in [2.24, 2.45) is 0 Å². The maximum absolute atomic E-state index is 13.1. The van der Waals surface area contributed by atoms with Gasteiger partial charge in [-0.15, -0.1) is 0 Å². The minimum absolute atomic E-state index is 0.0415. The molecule has 0 amide bonds. The van der Waals surface area contributed by atoms with Gasteiger partial charge in [-0.3, -0.25) is 9.59 Å².